The van der Waals surface area contributed by atoms with Crippen molar-refractivity contribution in [3.8, 4) is 0 Å². The van der Waals surface area contributed by atoms with Crippen LogP contribution in [0.2, 0.25) is 5.02 Å². The van der Waals surface area contributed by atoms with Crippen LogP contribution in [0.15, 0.2) is 24.3 Å². The van der Waals surface area contributed by atoms with Gasteiger partial charge in [-0.05, 0) is 50.8 Å². The summed E-state index contributed by atoms with van der Waals surface area (Å²) in [7, 11) is 0. The Kier molecular flexibility index (Phi) is 4.36. The zero-order chi connectivity index (χ0) is 12.2. The fraction of sp³-hybridized carbons (Fsp3) is 0.462. The maximum atomic E-state index is 10.9. The Bertz CT molecular complexity index is 355. The fourth-order valence-electron chi connectivity index (χ4n) is 1.49. The van der Waals surface area contributed by atoms with Crippen LogP contribution in [0, 0.1) is 5.41 Å². The third-order valence-corrected chi connectivity index (χ3v) is 3.01. The molecule has 0 aliphatic heterocycles. The van der Waals surface area contributed by atoms with Gasteiger partial charge in [-0.2, -0.15) is 0 Å². The lowest BCUT2D eigenvalue weighted by Crippen LogP contribution is -2.23. The third-order valence-electron chi connectivity index (χ3n) is 2.76. The molecule has 0 atom stereocenters. The first-order valence-electron chi connectivity index (χ1n) is 5.40. The molecule has 2 nitrogen and oxygen atoms in total. The largest absolute Gasteiger partial charge is 0.481 e. The number of carboxylic acids is 1. The predicted molar refractivity (Wildman–Crippen MR) is 65.8 cm³/mol. The summed E-state index contributed by atoms with van der Waals surface area (Å²) in [6.45, 7) is 3.52. The fourth-order valence-corrected chi connectivity index (χ4v) is 1.62. The summed E-state index contributed by atoms with van der Waals surface area (Å²) in [6, 6.07) is 7.69. The molecule has 0 unspecified atom stereocenters. The van der Waals surface area contributed by atoms with E-state index in [0.29, 0.717) is 6.42 Å². The highest BCUT2D eigenvalue weighted by Gasteiger charge is 2.25. The first kappa shape index (κ1) is 13.0. The lowest BCUT2D eigenvalue weighted by atomic mass is 9.87. The van der Waals surface area contributed by atoms with Crippen LogP contribution in [0.25, 0.3) is 0 Å². The number of carboxylic acid groups (broad SMARTS) is 1. The maximum Gasteiger partial charge on any atom is 0.309 e. The van der Waals surface area contributed by atoms with Crippen molar-refractivity contribution in [1.82, 2.24) is 0 Å². The highest BCUT2D eigenvalue weighted by molar-refractivity contribution is 6.30. The molecule has 88 valence electrons. The minimum Gasteiger partial charge on any atom is -0.481 e. The van der Waals surface area contributed by atoms with E-state index < -0.39 is 11.4 Å². The molecule has 0 fully saturated rings. The van der Waals surface area contributed by atoms with Gasteiger partial charge in [0.25, 0.3) is 0 Å². The number of aryl methyl sites for hydroxylation is 1. The standard InChI is InChI=1S/C13H17ClO2/c1-13(2,12(15)16)9-3-4-10-5-7-11(14)8-6-10/h5-8H,3-4,9H2,1-2H3,(H,15,16). The molecule has 0 aliphatic carbocycles. The molecule has 0 amide bonds. The average Bonchev–Trinajstić information content (AvgIpc) is 2.20. The molecule has 0 bridgehead atoms. The van der Waals surface area contributed by atoms with Crippen molar-refractivity contribution in [3.63, 3.8) is 0 Å². The molecule has 1 aromatic carbocycles. The lowest BCUT2D eigenvalue weighted by Gasteiger charge is -2.18. The minimum atomic E-state index is -0.733. The van der Waals surface area contributed by atoms with Gasteiger partial charge in [0.15, 0.2) is 0 Å². The molecular formula is C13H17ClO2. The summed E-state index contributed by atoms with van der Waals surface area (Å²) < 4.78 is 0. The van der Waals surface area contributed by atoms with Gasteiger partial charge in [-0.3, -0.25) is 4.79 Å². The number of hydrogen-bond donors (Lipinski definition) is 1. The van der Waals surface area contributed by atoms with E-state index in [2.05, 4.69) is 0 Å². The summed E-state index contributed by atoms with van der Waals surface area (Å²) >= 11 is 5.78. The summed E-state index contributed by atoms with van der Waals surface area (Å²) in [4.78, 5) is 10.9. The molecule has 0 saturated carbocycles. The van der Waals surface area contributed by atoms with E-state index in [1.807, 2.05) is 24.3 Å². The number of carbonyl (C=O) groups is 1. The summed E-state index contributed by atoms with van der Waals surface area (Å²) in [5, 5.41) is 9.69. The van der Waals surface area contributed by atoms with Crippen LogP contribution in [0.3, 0.4) is 0 Å². The monoisotopic (exact) mass is 240 g/mol. The van der Waals surface area contributed by atoms with Crippen LogP contribution in [-0.2, 0) is 11.2 Å². The van der Waals surface area contributed by atoms with Crippen LogP contribution in [0.4, 0.5) is 0 Å². The number of halogens is 1. The first-order valence-corrected chi connectivity index (χ1v) is 5.77. The topological polar surface area (TPSA) is 37.3 Å². The molecular weight excluding hydrogens is 224 g/mol. The molecule has 0 aromatic heterocycles. The van der Waals surface area contributed by atoms with Crippen molar-refractivity contribution in [3.05, 3.63) is 34.9 Å². The van der Waals surface area contributed by atoms with Crippen LogP contribution in [0.5, 0.6) is 0 Å². The Labute approximate surface area is 101 Å². The van der Waals surface area contributed by atoms with E-state index in [0.717, 1.165) is 17.9 Å². The summed E-state index contributed by atoms with van der Waals surface area (Å²) in [5.74, 6) is -0.733. The maximum absolute atomic E-state index is 10.9. The lowest BCUT2D eigenvalue weighted by molar-refractivity contribution is -0.147. The molecule has 3 heteroatoms. The van der Waals surface area contributed by atoms with Crippen LogP contribution < -0.4 is 0 Å². The summed E-state index contributed by atoms with van der Waals surface area (Å²) in [6.07, 6.45) is 2.46. The van der Waals surface area contributed by atoms with Gasteiger partial charge >= 0.3 is 5.97 Å². The predicted octanol–water partition coefficient (Wildman–Crippen LogP) is 3.77. The van der Waals surface area contributed by atoms with Gasteiger partial charge in [0.2, 0.25) is 0 Å². The van der Waals surface area contributed by atoms with Crippen molar-refractivity contribution in [2.24, 2.45) is 5.41 Å². The molecule has 1 N–H and O–H groups in total. The molecule has 16 heavy (non-hydrogen) atoms. The normalized spacial score (nSPS) is 11.4. The van der Waals surface area contributed by atoms with Crippen LogP contribution in [-0.4, -0.2) is 11.1 Å². The molecule has 0 saturated heterocycles. The second-order valence-electron chi connectivity index (χ2n) is 4.67. The van der Waals surface area contributed by atoms with Crippen molar-refractivity contribution >= 4 is 17.6 Å². The number of rotatable bonds is 5. The molecule has 0 heterocycles. The Morgan fingerprint density at radius 3 is 2.38 bits per heavy atom. The van der Waals surface area contributed by atoms with E-state index in [-0.39, 0.29) is 0 Å². The van der Waals surface area contributed by atoms with Crippen molar-refractivity contribution in [1.29, 1.82) is 0 Å². The van der Waals surface area contributed by atoms with Crippen LogP contribution in [0.1, 0.15) is 32.3 Å². The second kappa shape index (κ2) is 5.35. The van der Waals surface area contributed by atoms with Gasteiger partial charge in [-0.15, -0.1) is 0 Å². The van der Waals surface area contributed by atoms with Crippen molar-refractivity contribution in [2.75, 3.05) is 0 Å². The average molecular weight is 241 g/mol. The second-order valence-corrected chi connectivity index (χ2v) is 5.11. The van der Waals surface area contributed by atoms with E-state index in [1.165, 1.54) is 5.56 Å². The quantitative estimate of drug-likeness (QED) is 0.851. The Hall–Kier alpha value is -1.02. The van der Waals surface area contributed by atoms with Gasteiger partial charge in [0, 0.05) is 5.02 Å². The smallest absolute Gasteiger partial charge is 0.309 e. The molecule has 0 spiro atoms. The highest BCUT2D eigenvalue weighted by atomic mass is 35.5. The van der Waals surface area contributed by atoms with Gasteiger partial charge in [-0.25, -0.2) is 0 Å². The number of benzene rings is 1. The third kappa shape index (κ3) is 3.86. The van der Waals surface area contributed by atoms with Crippen molar-refractivity contribution < 1.29 is 9.90 Å². The van der Waals surface area contributed by atoms with Crippen LogP contribution >= 0.6 is 11.6 Å². The number of aliphatic carboxylic acids is 1. The Morgan fingerprint density at radius 2 is 1.88 bits per heavy atom. The van der Waals surface area contributed by atoms with Crippen molar-refractivity contribution in [2.45, 2.75) is 33.1 Å². The van der Waals surface area contributed by atoms with Gasteiger partial charge < -0.3 is 5.11 Å². The minimum absolute atomic E-state index is 0.633. The van der Waals surface area contributed by atoms with Gasteiger partial charge in [0.1, 0.15) is 0 Å². The van der Waals surface area contributed by atoms with E-state index >= 15 is 0 Å². The van der Waals surface area contributed by atoms with E-state index in [4.69, 9.17) is 16.7 Å². The Balaban J connectivity index is 2.41. The zero-order valence-electron chi connectivity index (χ0n) is 9.66. The molecule has 0 aliphatic rings. The summed E-state index contributed by atoms with van der Waals surface area (Å²) in [5.41, 5.74) is 0.567. The molecule has 1 aromatic rings. The Morgan fingerprint density at radius 1 is 1.31 bits per heavy atom. The zero-order valence-corrected chi connectivity index (χ0v) is 10.4. The first-order chi connectivity index (χ1) is 7.42. The highest BCUT2D eigenvalue weighted by Crippen LogP contribution is 2.23. The number of hydrogen-bond acceptors (Lipinski definition) is 1. The SMILES string of the molecule is CC(C)(CCCc1ccc(Cl)cc1)C(=O)O. The van der Waals surface area contributed by atoms with E-state index in [1.54, 1.807) is 13.8 Å². The van der Waals surface area contributed by atoms with E-state index in [9.17, 15) is 4.79 Å². The van der Waals surface area contributed by atoms with Gasteiger partial charge in [-0.1, -0.05) is 23.7 Å². The molecule has 0 radical (unpaired) electrons. The van der Waals surface area contributed by atoms with Gasteiger partial charge in [0.05, 0.1) is 5.41 Å². The molecule has 1 rings (SSSR count).